The first-order valence-corrected chi connectivity index (χ1v) is 6.91. The van der Waals surface area contributed by atoms with E-state index in [9.17, 15) is 12.8 Å². The first-order chi connectivity index (χ1) is 7.94. The Morgan fingerprint density at radius 3 is 2.76 bits per heavy atom. The van der Waals surface area contributed by atoms with Gasteiger partial charge < -0.3 is 5.32 Å². The number of fused-ring (bicyclic) bond motifs is 1. The average Bonchev–Trinajstić information content (AvgIpc) is 2.50. The summed E-state index contributed by atoms with van der Waals surface area (Å²) in [6.07, 6.45) is 0.562. The van der Waals surface area contributed by atoms with E-state index in [1.807, 2.05) is 6.92 Å². The van der Waals surface area contributed by atoms with Gasteiger partial charge in [0.25, 0.3) is 0 Å². The van der Waals surface area contributed by atoms with Crippen LogP contribution in [0.4, 0.5) is 4.39 Å². The van der Waals surface area contributed by atoms with Crippen LogP contribution in [0.3, 0.4) is 0 Å². The zero-order valence-corrected chi connectivity index (χ0v) is 10.5. The average molecular weight is 255 g/mol. The monoisotopic (exact) mass is 255 g/mol. The van der Waals surface area contributed by atoms with Crippen molar-refractivity contribution < 1.29 is 12.8 Å². The highest BCUT2D eigenvalue weighted by atomic mass is 32.2. The van der Waals surface area contributed by atoms with Crippen LogP contribution in [0.1, 0.15) is 18.9 Å². The number of hydrogen-bond acceptors (Lipinski definition) is 3. The molecule has 0 aromatic heterocycles. The highest BCUT2D eigenvalue weighted by Crippen LogP contribution is 2.36. The minimum atomic E-state index is -3.38. The van der Waals surface area contributed by atoms with E-state index in [4.69, 9.17) is 0 Å². The van der Waals surface area contributed by atoms with E-state index in [0.717, 1.165) is 0 Å². The van der Waals surface area contributed by atoms with Crippen molar-refractivity contribution in [3.05, 3.63) is 35.0 Å². The molecule has 1 N–H and O–H groups in total. The molecule has 3 nitrogen and oxygen atoms in total. The van der Waals surface area contributed by atoms with Crippen molar-refractivity contribution >= 4 is 15.4 Å². The third-order valence-corrected chi connectivity index (χ3v) is 4.47. The summed E-state index contributed by atoms with van der Waals surface area (Å²) in [7, 11) is -1.58. The summed E-state index contributed by atoms with van der Waals surface area (Å²) < 4.78 is 36.8. The van der Waals surface area contributed by atoms with Gasteiger partial charge in [-0.3, -0.25) is 0 Å². The predicted molar refractivity (Wildman–Crippen MR) is 64.7 cm³/mol. The molecule has 2 rings (SSSR count). The highest BCUT2D eigenvalue weighted by Gasteiger charge is 2.27. The fourth-order valence-corrected chi connectivity index (χ4v) is 3.38. The standard InChI is InChI=1S/C12H14FNO2S/c1-8(14-2)5-9-7-17(15,16)12-4-3-10(13)6-11(9)12/h3-4,6-8,14H,5H2,1-2H3. The minimum Gasteiger partial charge on any atom is -0.317 e. The predicted octanol–water partition coefficient (Wildman–Crippen LogP) is 1.95. The van der Waals surface area contributed by atoms with E-state index in [1.54, 1.807) is 7.05 Å². The van der Waals surface area contributed by atoms with Gasteiger partial charge in [-0.25, -0.2) is 12.8 Å². The molecule has 1 heterocycles. The fraction of sp³-hybridized carbons (Fsp3) is 0.333. The van der Waals surface area contributed by atoms with Crippen LogP contribution in [0.5, 0.6) is 0 Å². The molecule has 17 heavy (non-hydrogen) atoms. The Hall–Kier alpha value is -1.20. The largest absolute Gasteiger partial charge is 0.317 e. The van der Waals surface area contributed by atoms with Crippen LogP contribution in [0.15, 0.2) is 28.5 Å². The maximum absolute atomic E-state index is 13.2. The number of nitrogens with one attached hydrogen (secondary N) is 1. The van der Waals surface area contributed by atoms with Crippen LogP contribution in [-0.4, -0.2) is 21.5 Å². The van der Waals surface area contributed by atoms with Gasteiger partial charge in [-0.2, -0.15) is 0 Å². The second-order valence-corrected chi connectivity index (χ2v) is 5.99. The third-order valence-electron chi connectivity index (χ3n) is 2.91. The lowest BCUT2D eigenvalue weighted by Gasteiger charge is -2.11. The summed E-state index contributed by atoms with van der Waals surface area (Å²) in [5, 5.41) is 4.28. The van der Waals surface area contributed by atoms with E-state index in [0.29, 0.717) is 17.6 Å². The minimum absolute atomic E-state index is 0.144. The second kappa shape index (κ2) is 4.23. The van der Waals surface area contributed by atoms with Crippen molar-refractivity contribution in [3.63, 3.8) is 0 Å². The van der Waals surface area contributed by atoms with Gasteiger partial charge in [0.2, 0.25) is 9.84 Å². The number of benzene rings is 1. The maximum atomic E-state index is 13.2. The van der Waals surface area contributed by atoms with Gasteiger partial charge >= 0.3 is 0 Å². The molecule has 0 fully saturated rings. The van der Waals surface area contributed by atoms with Crippen molar-refractivity contribution in [3.8, 4) is 0 Å². The summed E-state index contributed by atoms with van der Waals surface area (Å²) in [5.41, 5.74) is 1.16. The van der Waals surface area contributed by atoms with Crippen molar-refractivity contribution in [1.82, 2.24) is 5.32 Å². The van der Waals surface area contributed by atoms with Crippen molar-refractivity contribution in [2.24, 2.45) is 0 Å². The molecule has 0 bridgehead atoms. The first-order valence-electron chi connectivity index (χ1n) is 5.37. The SMILES string of the molecule is CNC(C)CC1=CS(=O)(=O)c2ccc(F)cc21. The molecule has 0 spiro atoms. The molecule has 92 valence electrons. The molecular weight excluding hydrogens is 241 g/mol. The summed E-state index contributed by atoms with van der Waals surface area (Å²) in [4.78, 5) is 0.206. The molecule has 1 unspecified atom stereocenters. The van der Waals surface area contributed by atoms with E-state index < -0.39 is 15.7 Å². The molecule has 0 aliphatic carbocycles. The molecule has 1 aromatic carbocycles. The van der Waals surface area contributed by atoms with E-state index in [2.05, 4.69) is 5.32 Å². The van der Waals surface area contributed by atoms with Crippen molar-refractivity contribution in [2.75, 3.05) is 7.05 Å². The Morgan fingerprint density at radius 1 is 1.41 bits per heavy atom. The lowest BCUT2D eigenvalue weighted by atomic mass is 10.0. The van der Waals surface area contributed by atoms with E-state index in [1.165, 1.54) is 23.6 Å². The Kier molecular flexibility index (Phi) is 3.05. The van der Waals surface area contributed by atoms with Gasteiger partial charge in [-0.05, 0) is 44.2 Å². The molecule has 0 saturated heterocycles. The second-order valence-electron chi connectivity index (χ2n) is 4.22. The zero-order chi connectivity index (χ0) is 12.6. The number of rotatable bonds is 3. The molecule has 1 atom stereocenters. The molecule has 5 heteroatoms. The van der Waals surface area contributed by atoms with Gasteiger partial charge in [0, 0.05) is 17.0 Å². The lowest BCUT2D eigenvalue weighted by Crippen LogP contribution is -2.21. The van der Waals surface area contributed by atoms with Gasteiger partial charge in [0.05, 0.1) is 4.90 Å². The summed E-state index contributed by atoms with van der Waals surface area (Å²) in [6, 6.07) is 3.93. The Bertz CT molecular complexity index is 578. The summed E-state index contributed by atoms with van der Waals surface area (Å²) in [5.74, 6) is -0.413. The van der Waals surface area contributed by atoms with Crippen LogP contribution in [-0.2, 0) is 9.84 Å². The van der Waals surface area contributed by atoms with E-state index >= 15 is 0 Å². The van der Waals surface area contributed by atoms with Crippen LogP contribution in [0.2, 0.25) is 0 Å². The van der Waals surface area contributed by atoms with Crippen LogP contribution >= 0.6 is 0 Å². The maximum Gasteiger partial charge on any atom is 0.200 e. The molecule has 0 saturated carbocycles. The van der Waals surface area contributed by atoms with Gasteiger partial charge in [0.1, 0.15) is 5.82 Å². The molecule has 1 aliphatic rings. The molecule has 0 radical (unpaired) electrons. The van der Waals surface area contributed by atoms with Crippen molar-refractivity contribution in [1.29, 1.82) is 0 Å². The topological polar surface area (TPSA) is 46.2 Å². The normalized spacial score (nSPS) is 18.6. The molecule has 1 aliphatic heterocycles. The van der Waals surface area contributed by atoms with Gasteiger partial charge in [-0.1, -0.05) is 0 Å². The Balaban J connectivity index is 2.48. The quantitative estimate of drug-likeness (QED) is 0.840. The van der Waals surface area contributed by atoms with Crippen LogP contribution < -0.4 is 5.32 Å². The number of sulfone groups is 1. The number of halogens is 1. The van der Waals surface area contributed by atoms with Crippen LogP contribution in [0.25, 0.3) is 5.57 Å². The molecule has 0 amide bonds. The number of hydrogen-bond donors (Lipinski definition) is 1. The van der Waals surface area contributed by atoms with Crippen LogP contribution in [0, 0.1) is 5.82 Å². The van der Waals surface area contributed by atoms with Gasteiger partial charge in [-0.15, -0.1) is 0 Å². The summed E-state index contributed by atoms with van der Waals surface area (Å²) >= 11 is 0. The molecule has 1 aromatic rings. The first kappa shape index (κ1) is 12.3. The smallest absolute Gasteiger partial charge is 0.200 e. The van der Waals surface area contributed by atoms with Gasteiger partial charge in [0.15, 0.2) is 0 Å². The molecular formula is C12H14FNO2S. The summed E-state index contributed by atoms with van der Waals surface area (Å²) in [6.45, 7) is 1.95. The Morgan fingerprint density at radius 2 is 2.12 bits per heavy atom. The van der Waals surface area contributed by atoms with Crippen molar-refractivity contribution in [2.45, 2.75) is 24.3 Å². The van der Waals surface area contributed by atoms with E-state index in [-0.39, 0.29) is 10.9 Å². The lowest BCUT2D eigenvalue weighted by molar-refractivity contribution is 0.604. The highest BCUT2D eigenvalue weighted by molar-refractivity contribution is 7.95. The zero-order valence-electron chi connectivity index (χ0n) is 9.70. The third kappa shape index (κ3) is 2.25. The fourth-order valence-electron chi connectivity index (χ4n) is 1.91. The Labute approximate surface area is 100 Å².